The number of carbonyl (C=O) groups excluding carboxylic acids is 2. The number of rotatable bonds is 25. The van der Waals surface area contributed by atoms with Crippen molar-refractivity contribution in [2.75, 3.05) is 13.2 Å². The molecule has 2 amide bonds. The second kappa shape index (κ2) is 23.6. The molecule has 0 atom stereocenters. The van der Waals surface area contributed by atoms with E-state index in [4.69, 9.17) is 0 Å². The minimum atomic E-state index is -1.03. The number of aliphatic hydroxyl groups is 1. The zero-order valence-electron chi connectivity index (χ0n) is 22.8. The molecule has 6 nitrogen and oxygen atoms in total. The van der Waals surface area contributed by atoms with Gasteiger partial charge in [0.2, 0.25) is 11.8 Å². The van der Waals surface area contributed by atoms with E-state index in [0.29, 0.717) is 19.4 Å². The minimum Gasteiger partial charge on any atom is -0.395 e. The van der Waals surface area contributed by atoms with Crippen LogP contribution in [0.25, 0.3) is 0 Å². The Bertz CT molecular complexity index is 450. The molecule has 0 aliphatic rings. The van der Waals surface area contributed by atoms with Gasteiger partial charge in [-0.25, -0.2) is 0 Å². The highest BCUT2D eigenvalue weighted by Crippen LogP contribution is 2.12. The molecule has 0 aliphatic heterocycles. The molecule has 0 saturated carbocycles. The first-order chi connectivity index (χ1) is 16.5. The maximum Gasteiger partial charge on any atom is 0.222 e. The molecule has 0 fully saturated rings. The van der Waals surface area contributed by atoms with Gasteiger partial charge in [-0.15, -0.1) is 0 Å². The van der Waals surface area contributed by atoms with Crippen LogP contribution in [-0.2, 0) is 9.59 Å². The van der Waals surface area contributed by atoms with Crippen LogP contribution in [0.1, 0.15) is 149 Å². The van der Waals surface area contributed by atoms with E-state index in [2.05, 4.69) is 29.8 Å². The van der Waals surface area contributed by atoms with Crippen LogP contribution >= 0.6 is 0 Å². The van der Waals surface area contributed by atoms with Gasteiger partial charge in [-0.1, -0.05) is 117 Å². The summed E-state index contributed by atoms with van der Waals surface area (Å²) in [6.45, 7) is 6.47. The summed E-state index contributed by atoms with van der Waals surface area (Å²) in [7, 11) is 0. The van der Waals surface area contributed by atoms with Crippen LogP contribution in [0.3, 0.4) is 0 Å². The average molecular weight is 484 g/mol. The second-order valence-electron chi connectivity index (χ2n) is 10.0. The molecule has 0 spiro atoms. The fraction of sp³-hybridized carbons (Fsp3) is 0.929. The average Bonchev–Trinajstić information content (AvgIpc) is 2.80. The van der Waals surface area contributed by atoms with Crippen LogP contribution in [0.15, 0.2) is 0 Å². The molecular weight excluding hydrogens is 426 g/mol. The maximum atomic E-state index is 12.5. The van der Waals surface area contributed by atoms with Gasteiger partial charge in [0.1, 0.15) is 0 Å². The largest absolute Gasteiger partial charge is 0.395 e. The predicted molar refractivity (Wildman–Crippen MR) is 143 cm³/mol. The van der Waals surface area contributed by atoms with E-state index in [1.165, 1.54) is 89.9 Å². The van der Waals surface area contributed by atoms with E-state index < -0.39 is 5.79 Å². The van der Waals surface area contributed by atoms with Crippen LogP contribution in [0, 0.1) is 0 Å². The zero-order valence-corrected chi connectivity index (χ0v) is 22.8. The summed E-state index contributed by atoms with van der Waals surface area (Å²) in [6.07, 6.45) is 22.7. The number of unbranched alkanes of at least 4 members (excludes halogenated alkanes) is 16. The third-order valence-electron chi connectivity index (χ3n) is 6.38. The van der Waals surface area contributed by atoms with Crippen molar-refractivity contribution in [2.45, 2.75) is 155 Å². The summed E-state index contributed by atoms with van der Waals surface area (Å²) in [4.78, 5) is 24.9. The zero-order chi connectivity index (χ0) is 25.3. The Morgan fingerprint density at radius 3 is 1.24 bits per heavy atom. The van der Waals surface area contributed by atoms with Crippen molar-refractivity contribution in [3.05, 3.63) is 0 Å². The first-order valence-corrected chi connectivity index (χ1v) is 14.4. The monoisotopic (exact) mass is 483 g/mol. The van der Waals surface area contributed by atoms with Crippen LogP contribution in [0.2, 0.25) is 0 Å². The Balaban J connectivity index is 4.07. The molecule has 202 valence electrons. The van der Waals surface area contributed by atoms with Gasteiger partial charge in [0.15, 0.2) is 5.79 Å². The molecule has 0 unspecified atom stereocenters. The number of hydrogen-bond acceptors (Lipinski definition) is 4. The highest BCUT2D eigenvalue weighted by molar-refractivity contribution is 5.80. The lowest BCUT2D eigenvalue weighted by Crippen LogP contribution is -2.67. The van der Waals surface area contributed by atoms with Gasteiger partial charge < -0.3 is 15.7 Å². The van der Waals surface area contributed by atoms with Crippen LogP contribution in [0.4, 0.5) is 0 Å². The van der Waals surface area contributed by atoms with E-state index in [-0.39, 0.29) is 18.4 Å². The normalized spacial score (nSPS) is 11.5. The van der Waals surface area contributed by atoms with Crippen LogP contribution < -0.4 is 16.0 Å². The molecule has 0 aromatic heterocycles. The highest BCUT2D eigenvalue weighted by Gasteiger charge is 2.27. The number of carbonyl (C=O) groups is 2. The number of amides is 2. The molecule has 0 aliphatic carbocycles. The molecule has 34 heavy (non-hydrogen) atoms. The summed E-state index contributed by atoms with van der Waals surface area (Å²) in [5.74, 6) is -1.17. The van der Waals surface area contributed by atoms with Crippen LogP contribution in [-0.4, -0.2) is 35.9 Å². The molecule has 0 aromatic rings. The van der Waals surface area contributed by atoms with Crippen molar-refractivity contribution >= 4 is 11.8 Å². The maximum absolute atomic E-state index is 12.5. The predicted octanol–water partition coefficient (Wildman–Crippen LogP) is 6.32. The quantitative estimate of drug-likeness (QED) is 0.0904. The van der Waals surface area contributed by atoms with E-state index in [1.54, 1.807) is 6.92 Å². The first-order valence-electron chi connectivity index (χ1n) is 14.4. The summed E-state index contributed by atoms with van der Waals surface area (Å²) in [5.41, 5.74) is 0. The third-order valence-corrected chi connectivity index (χ3v) is 6.38. The minimum absolute atomic E-state index is 0.0577. The standard InChI is InChI=1S/C28H57N3O3/c1-4-6-8-10-12-14-16-18-20-22-26(33)30-28(3,29-24-25-32)31-27(34)23-21-19-17-15-13-11-9-7-5-2/h29,32H,4-25H2,1-3H3,(H,30,33)(H,31,34). The fourth-order valence-electron chi connectivity index (χ4n) is 4.30. The van der Waals surface area contributed by atoms with Crippen molar-refractivity contribution < 1.29 is 14.7 Å². The van der Waals surface area contributed by atoms with Gasteiger partial charge in [-0.3, -0.25) is 14.9 Å². The number of nitrogens with one attached hydrogen (secondary N) is 3. The molecule has 0 heterocycles. The lowest BCUT2D eigenvalue weighted by molar-refractivity contribution is -0.127. The smallest absolute Gasteiger partial charge is 0.222 e. The first kappa shape index (κ1) is 32.9. The van der Waals surface area contributed by atoms with Crippen LogP contribution in [0.5, 0.6) is 0 Å². The number of aliphatic hydroxyl groups excluding tert-OH is 1. The fourth-order valence-corrected chi connectivity index (χ4v) is 4.30. The molecule has 6 heteroatoms. The third kappa shape index (κ3) is 21.4. The molecule has 0 aromatic carbocycles. The Morgan fingerprint density at radius 2 is 0.912 bits per heavy atom. The highest BCUT2D eigenvalue weighted by atomic mass is 16.3. The van der Waals surface area contributed by atoms with E-state index in [0.717, 1.165) is 25.7 Å². The molecule has 0 radical (unpaired) electrons. The van der Waals surface area contributed by atoms with Gasteiger partial charge >= 0.3 is 0 Å². The van der Waals surface area contributed by atoms with Crippen molar-refractivity contribution in [3.63, 3.8) is 0 Å². The summed E-state index contributed by atoms with van der Waals surface area (Å²) >= 11 is 0. The molecule has 4 N–H and O–H groups in total. The molecule has 0 saturated heterocycles. The number of hydrogen-bond donors (Lipinski definition) is 4. The Labute approximate surface area is 210 Å². The Hall–Kier alpha value is -1.14. The van der Waals surface area contributed by atoms with Gasteiger partial charge in [-0.2, -0.15) is 0 Å². The second-order valence-corrected chi connectivity index (χ2v) is 10.0. The van der Waals surface area contributed by atoms with Gasteiger partial charge in [-0.05, 0) is 19.8 Å². The van der Waals surface area contributed by atoms with Crippen molar-refractivity contribution in [1.29, 1.82) is 0 Å². The van der Waals surface area contributed by atoms with Crippen molar-refractivity contribution in [3.8, 4) is 0 Å². The van der Waals surface area contributed by atoms with Crippen molar-refractivity contribution in [2.24, 2.45) is 0 Å². The molecule has 0 rings (SSSR count). The summed E-state index contributed by atoms with van der Waals surface area (Å²) in [6, 6.07) is 0. The van der Waals surface area contributed by atoms with E-state index in [9.17, 15) is 14.7 Å². The van der Waals surface area contributed by atoms with E-state index in [1.807, 2.05) is 0 Å². The van der Waals surface area contributed by atoms with Gasteiger partial charge in [0.05, 0.1) is 6.61 Å². The summed E-state index contributed by atoms with van der Waals surface area (Å²) in [5, 5.41) is 18.1. The van der Waals surface area contributed by atoms with Gasteiger partial charge in [0, 0.05) is 19.4 Å². The molecular formula is C28H57N3O3. The Morgan fingerprint density at radius 1 is 0.588 bits per heavy atom. The van der Waals surface area contributed by atoms with E-state index >= 15 is 0 Å². The topological polar surface area (TPSA) is 90.5 Å². The lowest BCUT2D eigenvalue weighted by atomic mass is 10.1. The SMILES string of the molecule is CCCCCCCCCCCC(=O)NC(C)(NCCO)NC(=O)CCCCCCCCCCC. The molecule has 0 bridgehead atoms. The van der Waals surface area contributed by atoms with Gasteiger partial charge in [0.25, 0.3) is 0 Å². The Kier molecular flexibility index (Phi) is 22.8. The lowest BCUT2D eigenvalue weighted by Gasteiger charge is -2.33. The summed E-state index contributed by atoms with van der Waals surface area (Å²) < 4.78 is 0. The van der Waals surface area contributed by atoms with Crippen molar-refractivity contribution in [1.82, 2.24) is 16.0 Å².